The van der Waals surface area contributed by atoms with Crippen LogP contribution in [0.25, 0.3) is 0 Å². The van der Waals surface area contributed by atoms with Crippen molar-refractivity contribution in [1.82, 2.24) is 19.6 Å². The second-order valence-electron chi connectivity index (χ2n) is 5.45. The van der Waals surface area contributed by atoms with Crippen molar-refractivity contribution in [3.8, 4) is 0 Å². The number of ether oxygens (including phenoxy) is 1. The molecule has 0 saturated heterocycles. The first-order valence-electron chi connectivity index (χ1n) is 7.44. The lowest BCUT2D eigenvalue weighted by Crippen LogP contribution is -2.12. The van der Waals surface area contributed by atoms with Gasteiger partial charge in [0.05, 0.1) is 0 Å². The number of hydrogen-bond donors (Lipinski definition) is 2. The van der Waals surface area contributed by atoms with E-state index in [4.69, 9.17) is 4.74 Å². The molecule has 1 aliphatic rings. The third kappa shape index (κ3) is 3.50. The average molecular weight is 321 g/mol. The zero-order valence-electron chi connectivity index (χ0n) is 12.5. The van der Waals surface area contributed by atoms with Gasteiger partial charge in [-0.2, -0.15) is 9.47 Å². The molecule has 0 spiro atoms. The monoisotopic (exact) mass is 321 g/mol. The Hall–Kier alpha value is -1.80. The van der Waals surface area contributed by atoms with Gasteiger partial charge in [-0.15, -0.1) is 0 Å². The summed E-state index contributed by atoms with van der Waals surface area (Å²) in [6.45, 7) is 0.334. The maximum Gasteiger partial charge on any atom is 0.277 e. The third-order valence-electron chi connectivity index (χ3n) is 3.84. The van der Waals surface area contributed by atoms with Crippen molar-refractivity contribution in [2.45, 2.75) is 44.6 Å². The molecule has 0 radical (unpaired) electrons. The van der Waals surface area contributed by atoms with Crippen LogP contribution in [0.4, 0.5) is 5.13 Å². The lowest BCUT2D eigenvalue weighted by Gasteiger charge is -2.19. The Labute approximate surface area is 132 Å². The first kappa shape index (κ1) is 15.1. The summed E-state index contributed by atoms with van der Waals surface area (Å²) >= 11 is 1.14. The fourth-order valence-electron chi connectivity index (χ4n) is 2.73. The van der Waals surface area contributed by atoms with Crippen LogP contribution in [0, 0.1) is 0 Å². The molecule has 0 bridgehead atoms. The molecule has 118 valence electrons. The van der Waals surface area contributed by atoms with Crippen LogP contribution >= 0.6 is 11.5 Å². The Balaban J connectivity index is 1.63. The largest absolute Gasteiger partial charge is 0.377 e. The van der Waals surface area contributed by atoms with Gasteiger partial charge in [0.2, 0.25) is 5.13 Å². The molecule has 0 unspecified atom stereocenters. The molecule has 2 aromatic heterocycles. The summed E-state index contributed by atoms with van der Waals surface area (Å²) in [6.07, 6.45) is 6.13. The number of nitrogens with zero attached hydrogens (tertiary/aromatic N) is 3. The van der Waals surface area contributed by atoms with Gasteiger partial charge in [-0.3, -0.25) is 15.2 Å². The summed E-state index contributed by atoms with van der Waals surface area (Å²) in [4.78, 5) is 16.4. The quantitative estimate of drug-likeness (QED) is 0.883. The Morgan fingerprint density at radius 3 is 3.05 bits per heavy atom. The summed E-state index contributed by atoms with van der Waals surface area (Å²) in [6, 6.07) is 1.85. The van der Waals surface area contributed by atoms with E-state index in [2.05, 4.69) is 24.9 Å². The predicted molar refractivity (Wildman–Crippen MR) is 83.0 cm³/mol. The van der Waals surface area contributed by atoms with Crippen LogP contribution in [0.3, 0.4) is 0 Å². The first-order chi connectivity index (χ1) is 10.8. The van der Waals surface area contributed by atoms with E-state index in [-0.39, 0.29) is 5.91 Å². The van der Waals surface area contributed by atoms with Gasteiger partial charge in [0.1, 0.15) is 6.61 Å². The Morgan fingerprint density at radius 2 is 2.27 bits per heavy atom. The molecule has 8 heteroatoms. The summed E-state index contributed by atoms with van der Waals surface area (Å²) in [5.74, 6) is 0.795. The zero-order chi connectivity index (χ0) is 15.4. The molecular weight excluding hydrogens is 302 g/mol. The molecule has 1 aliphatic carbocycles. The molecule has 1 amide bonds. The molecule has 0 aromatic carbocycles. The van der Waals surface area contributed by atoms with Crippen LogP contribution in [0.5, 0.6) is 0 Å². The van der Waals surface area contributed by atoms with E-state index in [0.717, 1.165) is 17.2 Å². The van der Waals surface area contributed by atoms with E-state index in [0.29, 0.717) is 29.2 Å². The van der Waals surface area contributed by atoms with E-state index >= 15 is 0 Å². The van der Waals surface area contributed by atoms with Gasteiger partial charge < -0.3 is 4.74 Å². The van der Waals surface area contributed by atoms with Gasteiger partial charge in [0, 0.05) is 30.3 Å². The number of rotatable bonds is 5. The number of carbonyl (C=O) groups is 1. The maximum atomic E-state index is 12.2. The smallest absolute Gasteiger partial charge is 0.277 e. The molecular formula is C14H19N5O2S. The van der Waals surface area contributed by atoms with E-state index in [1.807, 2.05) is 6.07 Å². The average Bonchev–Trinajstić information content (AvgIpc) is 3.18. The standard InChI is InChI=1S/C14H19N5O2S/c1-21-8-12-15-14(22-19-12)16-13(20)11-7-10(17-18-11)9-5-3-2-4-6-9/h7,9H,2-6,8H2,1H3,(H,17,18)(H,15,16,19,20). The Bertz CT molecular complexity index is 633. The van der Waals surface area contributed by atoms with Crippen LogP contribution in [0.1, 0.15) is 60.0 Å². The summed E-state index contributed by atoms with van der Waals surface area (Å²) in [5, 5.41) is 10.3. The normalized spacial score (nSPS) is 15.9. The second kappa shape index (κ2) is 6.97. The number of amides is 1. The third-order valence-corrected chi connectivity index (χ3v) is 4.51. The maximum absolute atomic E-state index is 12.2. The molecule has 1 saturated carbocycles. The molecule has 0 atom stereocenters. The van der Waals surface area contributed by atoms with Crippen molar-refractivity contribution in [2.24, 2.45) is 0 Å². The van der Waals surface area contributed by atoms with Crippen LogP contribution in [0.15, 0.2) is 6.07 Å². The van der Waals surface area contributed by atoms with Crippen LogP contribution < -0.4 is 5.32 Å². The molecule has 1 fully saturated rings. The van der Waals surface area contributed by atoms with Crippen molar-refractivity contribution < 1.29 is 9.53 Å². The minimum Gasteiger partial charge on any atom is -0.377 e. The van der Waals surface area contributed by atoms with Gasteiger partial charge in [-0.1, -0.05) is 19.3 Å². The second-order valence-corrected chi connectivity index (χ2v) is 6.20. The first-order valence-corrected chi connectivity index (χ1v) is 8.22. The molecule has 3 rings (SSSR count). The summed E-state index contributed by atoms with van der Waals surface area (Å²) in [5.41, 5.74) is 1.45. The molecule has 2 N–H and O–H groups in total. The fraction of sp³-hybridized carbons (Fsp3) is 0.571. The predicted octanol–water partition coefficient (Wildman–Crippen LogP) is 2.71. The van der Waals surface area contributed by atoms with Crippen molar-refractivity contribution in [1.29, 1.82) is 0 Å². The minimum absolute atomic E-state index is 0.265. The number of aromatic nitrogens is 4. The van der Waals surface area contributed by atoms with Gasteiger partial charge in [-0.25, -0.2) is 4.98 Å². The van der Waals surface area contributed by atoms with Crippen molar-refractivity contribution in [3.05, 3.63) is 23.3 Å². The van der Waals surface area contributed by atoms with E-state index < -0.39 is 0 Å². The van der Waals surface area contributed by atoms with Gasteiger partial charge >= 0.3 is 0 Å². The molecule has 22 heavy (non-hydrogen) atoms. The lowest BCUT2D eigenvalue weighted by atomic mass is 9.87. The van der Waals surface area contributed by atoms with Crippen LogP contribution in [0.2, 0.25) is 0 Å². The number of hydrogen-bond acceptors (Lipinski definition) is 6. The van der Waals surface area contributed by atoms with E-state index in [9.17, 15) is 4.79 Å². The number of H-pyrrole nitrogens is 1. The van der Waals surface area contributed by atoms with Crippen LogP contribution in [-0.2, 0) is 11.3 Å². The van der Waals surface area contributed by atoms with E-state index in [1.54, 1.807) is 7.11 Å². The zero-order valence-corrected chi connectivity index (χ0v) is 13.3. The Kier molecular flexibility index (Phi) is 4.79. The SMILES string of the molecule is COCc1nsc(NC(=O)c2cc(C3CCCCC3)[nH]n2)n1. The highest BCUT2D eigenvalue weighted by atomic mass is 32.1. The minimum atomic E-state index is -0.265. The van der Waals surface area contributed by atoms with Crippen LogP contribution in [-0.4, -0.2) is 32.6 Å². The highest BCUT2D eigenvalue weighted by Crippen LogP contribution is 2.31. The topological polar surface area (TPSA) is 92.8 Å². The summed E-state index contributed by atoms with van der Waals surface area (Å²) < 4.78 is 9.05. The van der Waals surface area contributed by atoms with Crippen molar-refractivity contribution >= 4 is 22.6 Å². The van der Waals surface area contributed by atoms with Gasteiger partial charge in [-0.05, 0) is 18.9 Å². The molecule has 2 aromatic rings. The van der Waals surface area contributed by atoms with Crippen molar-refractivity contribution in [2.75, 3.05) is 12.4 Å². The number of nitrogens with one attached hydrogen (secondary N) is 2. The van der Waals surface area contributed by atoms with Gasteiger partial charge in [0.15, 0.2) is 11.5 Å². The summed E-state index contributed by atoms with van der Waals surface area (Å²) in [7, 11) is 1.58. The van der Waals surface area contributed by atoms with E-state index in [1.165, 1.54) is 32.1 Å². The number of carbonyl (C=O) groups excluding carboxylic acids is 1. The van der Waals surface area contributed by atoms with Gasteiger partial charge in [0.25, 0.3) is 5.91 Å². The molecule has 7 nitrogen and oxygen atoms in total. The number of methoxy groups -OCH3 is 1. The highest BCUT2D eigenvalue weighted by molar-refractivity contribution is 7.09. The fourth-order valence-corrected chi connectivity index (χ4v) is 3.30. The number of aromatic amines is 1. The van der Waals surface area contributed by atoms with Crippen molar-refractivity contribution in [3.63, 3.8) is 0 Å². The number of anilines is 1. The highest BCUT2D eigenvalue weighted by Gasteiger charge is 2.20. The lowest BCUT2D eigenvalue weighted by molar-refractivity contribution is 0.102. The molecule has 0 aliphatic heterocycles. The molecule has 2 heterocycles. The Morgan fingerprint density at radius 1 is 1.45 bits per heavy atom.